The Hall–Kier alpha value is -3.35. The SMILES string of the molecule is C[C@@H](Nc1nn(C)c(=O)c2cc(=O)n([C@@]3(C(F)(F)F)CCN(C)C3)cc12)c1cccc(C(F)F)c1F. The van der Waals surface area contributed by atoms with Gasteiger partial charge in [0.05, 0.1) is 17.0 Å². The quantitative estimate of drug-likeness (QED) is 0.522. The number of rotatable bonds is 5. The van der Waals surface area contributed by atoms with Crippen molar-refractivity contribution in [2.75, 3.05) is 25.5 Å². The molecule has 7 nitrogen and oxygen atoms in total. The van der Waals surface area contributed by atoms with Gasteiger partial charge in [-0.3, -0.25) is 14.2 Å². The minimum Gasteiger partial charge on any atom is -0.361 e. The van der Waals surface area contributed by atoms with Gasteiger partial charge >= 0.3 is 6.18 Å². The third kappa shape index (κ3) is 4.14. The molecule has 1 aliphatic heterocycles. The number of nitrogens with one attached hydrogen (secondary N) is 1. The Morgan fingerprint density at radius 3 is 2.36 bits per heavy atom. The van der Waals surface area contributed by atoms with E-state index in [1.165, 1.54) is 38.1 Å². The van der Waals surface area contributed by atoms with Gasteiger partial charge in [-0.1, -0.05) is 18.2 Å². The lowest BCUT2D eigenvalue weighted by molar-refractivity contribution is -0.211. The first-order valence-corrected chi connectivity index (χ1v) is 11.0. The number of aryl methyl sites for hydroxylation is 1. The van der Waals surface area contributed by atoms with Crippen LogP contribution in [0.15, 0.2) is 40.1 Å². The highest BCUT2D eigenvalue weighted by Gasteiger charge is 2.59. The van der Waals surface area contributed by atoms with Gasteiger partial charge in [-0.25, -0.2) is 17.9 Å². The lowest BCUT2D eigenvalue weighted by atomic mass is 9.96. The van der Waals surface area contributed by atoms with E-state index in [2.05, 4.69) is 10.4 Å². The summed E-state index contributed by atoms with van der Waals surface area (Å²) in [6.45, 7) is 1.08. The summed E-state index contributed by atoms with van der Waals surface area (Å²) in [7, 11) is 2.79. The first-order valence-electron chi connectivity index (χ1n) is 11.0. The first kappa shape index (κ1) is 25.7. The predicted octanol–water partition coefficient (Wildman–Crippen LogP) is 3.94. The van der Waals surface area contributed by atoms with Crippen molar-refractivity contribution >= 4 is 16.6 Å². The molecule has 3 aromatic rings. The number of hydrogen-bond acceptors (Lipinski definition) is 5. The average Bonchev–Trinajstić information content (AvgIpc) is 3.19. The molecule has 36 heavy (non-hydrogen) atoms. The van der Waals surface area contributed by atoms with Crippen LogP contribution in [0.25, 0.3) is 10.8 Å². The smallest absolute Gasteiger partial charge is 0.361 e. The van der Waals surface area contributed by atoms with Crippen LogP contribution in [-0.2, 0) is 12.6 Å². The lowest BCUT2D eigenvalue weighted by Crippen LogP contribution is -2.53. The van der Waals surface area contributed by atoms with Crippen LogP contribution in [0.5, 0.6) is 0 Å². The molecule has 2 aromatic heterocycles. The molecule has 1 N–H and O–H groups in total. The molecule has 0 aliphatic carbocycles. The number of nitrogens with zero attached hydrogens (tertiary/aromatic N) is 4. The second kappa shape index (κ2) is 8.95. The highest BCUT2D eigenvalue weighted by molar-refractivity contribution is 5.90. The first-order chi connectivity index (χ1) is 16.8. The number of likely N-dealkylation sites (N-methyl/N-ethyl adjacent to an activating group) is 1. The lowest BCUT2D eigenvalue weighted by Gasteiger charge is -2.34. The number of aromatic nitrogens is 3. The van der Waals surface area contributed by atoms with Gasteiger partial charge in [-0.15, -0.1) is 0 Å². The van der Waals surface area contributed by atoms with Crippen LogP contribution in [-0.4, -0.2) is 45.6 Å². The van der Waals surface area contributed by atoms with Gasteiger partial charge in [0.25, 0.3) is 17.5 Å². The largest absolute Gasteiger partial charge is 0.413 e. The summed E-state index contributed by atoms with van der Waals surface area (Å²) in [6.07, 6.45) is -7.25. The van der Waals surface area contributed by atoms with E-state index in [-0.39, 0.29) is 35.1 Å². The maximum absolute atomic E-state index is 14.7. The van der Waals surface area contributed by atoms with Crippen LogP contribution >= 0.6 is 0 Å². The van der Waals surface area contributed by atoms with E-state index in [1.807, 2.05) is 0 Å². The molecule has 4 rings (SSSR count). The topological polar surface area (TPSA) is 72.2 Å². The van der Waals surface area contributed by atoms with Gasteiger partial charge < -0.3 is 10.2 Å². The molecular formula is C23H23F6N5O2. The maximum Gasteiger partial charge on any atom is 0.413 e. The molecule has 2 atom stereocenters. The fourth-order valence-corrected chi connectivity index (χ4v) is 4.66. The highest BCUT2D eigenvalue weighted by atomic mass is 19.4. The minimum absolute atomic E-state index is 0.0897. The molecule has 1 aromatic carbocycles. The molecule has 1 fully saturated rings. The molecule has 13 heteroatoms. The number of halogens is 6. The number of benzene rings is 1. The zero-order chi connectivity index (χ0) is 26.6. The van der Waals surface area contributed by atoms with Crippen molar-refractivity contribution in [3.63, 3.8) is 0 Å². The van der Waals surface area contributed by atoms with E-state index in [0.29, 0.717) is 4.57 Å². The van der Waals surface area contributed by atoms with E-state index in [9.17, 15) is 35.9 Å². The number of alkyl halides is 5. The van der Waals surface area contributed by atoms with E-state index in [1.54, 1.807) is 0 Å². The van der Waals surface area contributed by atoms with Crippen LogP contribution < -0.4 is 16.4 Å². The van der Waals surface area contributed by atoms with Gasteiger partial charge in [0.2, 0.25) is 0 Å². The van der Waals surface area contributed by atoms with Gasteiger partial charge in [0, 0.05) is 43.4 Å². The van der Waals surface area contributed by atoms with E-state index < -0.39 is 53.2 Å². The van der Waals surface area contributed by atoms with Crippen molar-refractivity contribution < 1.29 is 26.3 Å². The molecule has 0 unspecified atom stereocenters. The minimum atomic E-state index is -4.78. The third-order valence-electron chi connectivity index (χ3n) is 6.62. The Kier molecular flexibility index (Phi) is 6.40. The summed E-state index contributed by atoms with van der Waals surface area (Å²) >= 11 is 0. The number of hydrogen-bond donors (Lipinski definition) is 1. The van der Waals surface area contributed by atoms with Crippen molar-refractivity contribution in [3.05, 3.63) is 68.1 Å². The zero-order valence-electron chi connectivity index (χ0n) is 19.5. The van der Waals surface area contributed by atoms with Crippen molar-refractivity contribution in [3.8, 4) is 0 Å². The fraction of sp³-hybridized carbons (Fsp3) is 0.435. The summed E-state index contributed by atoms with van der Waals surface area (Å²) < 4.78 is 85.4. The normalized spacial score (nSPS) is 19.8. The van der Waals surface area contributed by atoms with Crippen LogP contribution in [0.2, 0.25) is 0 Å². The summed E-state index contributed by atoms with van der Waals surface area (Å²) in [5, 5.41) is 6.60. The van der Waals surface area contributed by atoms with E-state index in [4.69, 9.17) is 0 Å². The maximum atomic E-state index is 14.7. The zero-order valence-corrected chi connectivity index (χ0v) is 19.5. The van der Waals surface area contributed by atoms with Crippen LogP contribution in [0.3, 0.4) is 0 Å². The molecule has 194 valence electrons. The van der Waals surface area contributed by atoms with Gasteiger partial charge in [0.1, 0.15) is 5.82 Å². The summed E-state index contributed by atoms with van der Waals surface area (Å²) in [5.74, 6) is -1.25. The van der Waals surface area contributed by atoms with Gasteiger partial charge in [-0.2, -0.15) is 18.3 Å². The molecule has 0 bridgehead atoms. The van der Waals surface area contributed by atoms with Gasteiger partial charge in [-0.05, 0) is 20.4 Å². The van der Waals surface area contributed by atoms with Crippen LogP contribution in [0.1, 0.15) is 36.9 Å². The molecule has 1 aliphatic rings. The van der Waals surface area contributed by atoms with Crippen LogP contribution in [0, 0.1) is 5.82 Å². The molecule has 0 radical (unpaired) electrons. The number of fused-ring (bicyclic) bond motifs is 1. The Morgan fingerprint density at radius 1 is 1.11 bits per heavy atom. The average molecular weight is 515 g/mol. The molecule has 0 saturated carbocycles. The van der Waals surface area contributed by atoms with Crippen molar-refractivity contribution in [1.82, 2.24) is 19.2 Å². The molecule has 0 spiro atoms. The van der Waals surface area contributed by atoms with Crippen LogP contribution in [0.4, 0.5) is 32.2 Å². The molecular weight excluding hydrogens is 492 g/mol. The molecule has 1 saturated heterocycles. The van der Waals surface area contributed by atoms with Crippen molar-refractivity contribution in [1.29, 1.82) is 0 Å². The second-order valence-electron chi connectivity index (χ2n) is 9.02. The van der Waals surface area contributed by atoms with E-state index >= 15 is 0 Å². The number of anilines is 1. The summed E-state index contributed by atoms with van der Waals surface area (Å²) in [5.41, 5.74) is -5.18. The van der Waals surface area contributed by atoms with Crippen molar-refractivity contribution in [2.24, 2.45) is 7.05 Å². The highest BCUT2D eigenvalue weighted by Crippen LogP contribution is 2.43. The summed E-state index contributed by atoms with van der Waals surface area (Å²) in [6, 6.07) is 3.35. The summed E-state index contributed by atoms with van der Waals surface area (Å²) in [4.78, 5) is 27.0. The van der Waals surface area contributed by atoms with Crippen molar-refractivity contribution in [2.45, 2.75) is 37.5 Å². The Labute approximate surface area is 200 Å². The standard InChI is InChI=1S/C23H23F6N5O2/c1-12(13-5-4-6-14(18(13)24)19(25)26)30-20-16-10-34(17(35)9-15(16)21(36)33(3)31-20)22(23(27,28)29)7-8-32(2)11-22/h4-6,9-10,12,19H,7-8,11H2,1-3H3,(H,30,31)/t12-,22+/m1/s1. The number of likely N-dealkylation sites (tertiary alicyclic amines) is 1. The Balaban J connectivity index is 1.90. The fourth-order valence-electron chi connectivity index (χ4n) is 4.66. The Bertz CT molecular complexity index is 1430. The number of pyridine rings is 1. The molecule has 0 amide bonds. The van der Waals surface area contributed by atoms with Gasteiger partial charge in [0.15, 0.2) is 11.4 Å². The Morgan fingerprint density at radius 2 is 1.78 bits per heavy atom. The monoisotopic (exact) mass is 515 g/mol. The molecule has 3 heterocycles. The van der Waals surface area contributed by atoms with E-state index in [0.717, 1.165) is 23.0 Å². The third-order valence-corrected chi connectivity index (χ3v) is 6.62. The second-order valence-corrected chi connectivity index (χ2v) is 9.02. The predicted molar refractivity (Wildman–Crippen MR) is 121 cm³/mol.